The Balaban J connectivity index is 1.61. The summed E-state index contributed by atoms with van der Waals surface area (Å²) in [6, 6.07) is 6.87. The number of hydrogen-bond acceptors (Lipinski definition) is 7. The molecule has 4 rings (SSSR count). The number of ether oxygens (including phenoxy) is 2. The average molecular weight is 542 g/mol. The average Bonchev–Trinajstić information content (AvgIpc) is 3.28. The minimum Gasteiger partial charge on any atom is -0.420 e. The van der Waals surface area contributed by atoms with Crippen LogP contribution in [0.15, 0.2) is 36.5 Å². The zero-order chi connectivity index (χ0) is 27.2. The number of amides is 1. The third-order valence-electron chi connectivity index (χ3n) is 6.81. The van der Waals surface area contributed by atoms with Gasteiger partial charge in [-0.2, -0.15) is 0 Å². The van der Waals surface area contributed by atoms with Gasteiger partial charge >= 0.3 is 12.7 Å². The fourth-order valence-electron chi connectivity index (χ4n) is 4.08. The molecule has 0 aliphatic carbocycles. The van der Waals surface area contributed by atoms with Crippen LogP contribution in [0.4, 0.5) is 24.7 Å². The van der Waals surface area contributed by atoms with E-state index >= 15 is 0 Å². The number of benzene rings is 1. The Kier molecular flexibility index (Phi) is 7.41. The Hall–Kier alpha value is -2.54. The first-order chi connectivity index (χ1) is 17.2. The van der Waals surface area contributed by atoms with Crippen LogP contribution in [0.2, 0.25) is 0 Å². The number of rotatable bonds is 7. The monoisotopic (exact) mass is 541 g/mol. The van der Waals surface area contributed by atoms with Gasteiger partial charge in [0.15, 0.2) is 0 Å². The van der Waals surface area contributed by atoms with E-state index in [0.717, 1.165) is 0 Å². The van der Waals surface area contributed by atoms with Gasteiger partial charge in [-0.25, -0.2) is 9.37 Å². The van der Waals surface area contributed by atoms with Gasteiger partial charge in [0.05, 0.1) is 23.3 Å². The first-order valence-corrected chi connectivity index (χ1v) is 12.0. The van der Waals surface area contributed by atoms with Crippen LogP contribution in [0, 0.1) is 0 Å². The van der Waals surface area contributed by atoms with Crippen LogP contribution < -0.4 is 20.4 Å². The molecule has 0 saturated carbocycles. The lowest BCUT2D eigenvalue weighted by atomic mass is 9.78. The Morgan fingerprint density at radius 3 is 2.35 bits per heavy atom. The van der Waals surface area contributed by atoms with E-state index in [2.05, 4.69) is 15.0 Å². The van der Waals surface area contributed by atoms with Crippen LogP contribution in [-0.2, 0) is 14.0 Å². The maximum Gasteiger partial charge on any atom is 0.498 e. The van der Waals surface area contributed by atoms with Crippen LogP contribution in [0.25, 0.3) is 0 Å². The van der Waals surface area contributed by atoms with Crippen LogP contribution in [0.3, 0.4) is 0 Å². The van der Waals surface area contributed by atoms with Crippen LogP contribution in [0.1, 0.15) is 38.1 Å². The zero-order valence-corrected chi connectivity index (χ0v) is 21.8. The molecule has 2 unspecified atom stereocenters. The Morgan fingerprint density at radius 2 is 1.81 bits per heavy atom. The number of hydrogen-bond donors (Lipinski definition) is 1. The molecule has 2 aliphatic rings. The van der Waals surface area contributed by atoms with Crippen molar-refractivity contribution in [1.82, 2.24) is 4.98 Å². The number of carbonyl (C=O) groups excluding carboxylic acids is 1. The van der Waals surface area contributed by atoms with Crippen molar-refractivity contribution in [1.29, 1.82) is 0 Å². The van der Waals surface area contributed by atoms with Gasteiger partial charge in [0.1, 0.15) is 23.8 Å². The third-order valence-corrected chi connectivity index (χ3v) is 6.89. The summed E-state index contributed by atoms with van der Waals surface area (Å²) < 4.78 is 62.0. The number of nitrogens with zero attached hydrogens (tertiary/aromatic N) is 2. The molecule has 3 heterocycles. The molecule has 2 saturated heterocycles. The molecule has 37 heavy (non-hydrogen) atoms. The van der Waals surface area contributed by atoms with Gasteiger partial charge < -0.3 is 29.0 Å². The fourth-order valence-corrected chi connectivity index (χ4v) is 4.17. The van der Waals surface area contributed by atoms with Crippen molar-refractivity contribution in [3.05, 3.63) is 42.1 Å². The summed E-state index contributed by atoms with van der Waals surface area (Å²) in [6.45, 7) is 7.95. The second-order valence-corrected chi connectivity index (χ2v) is 10.4. The van der Waals surface area contributed by atoms with E-state index in [-0.39, 0.29) is 24.4 Å². The Labute approximate surface area is 218 Å². The summed E-state index contributed by atoms with van der Waals surface area (Å²) in [7, 11) is 0.602. The van der Waals surface area contributed by atoms with Gasteiger partial charge in [0, 0.05) is 42.6 Å². The minimum atomic E-state index is -3.84. The smallest absolute Gasteiger partial charge is 0.420 e. The summed E-state index contributed by atoms with van der Waals surface area (Å²) in [5.41, 5.74) is -4.15. The molecule has 0 spiro atoms. The molecule has 1 aromatic carbocycles. The molecular weight excluding hydrogens is 514 g/mol. The number of alkyl halides is 4. The Bertz CT molecular complexity index is 1130. The molecule has 8 nitrogen and oxygen atoms in total. The van der Waals surface area contributed by atoms with Gasteiger partial charge in [0.25, 0.3) is 5.91 Å². The van der Waals surface area contributed by atoms with Crippen LogP contribution in [0.5, 0.6) is 5.75 Å². The molecule has 0 radical (unpaired) electrons. The van der Waals surface area contributed by atoms with E-state index in [4.69, 9.17) is 25.6 Å². The molecule has 2 fully saturated rings. The van der Waals surface area contributed by atoms with Crippen molar-refractivity contribution in [2.24, 2.45) is 0 Å². The molecule has 2 aromatic rings. The minimum absolute atomic E-state index is 0.0688. The second-order valence-electron chi connectivity index (χ2n) is 9.95. The number of aromatic nitrogens is 1. The number of nitrogens with one attached hydrogen (secondary N) is 1. The summed E-state index contributed by atoms with van der Waals surface area (Å²) >= 11 is 4.78. The third kappa shape index (κ3) is 5.98. The number of halogens is 4. The van der Waals surface area contributed by atoms with E-state index < -0.39 is 42.1 Å². The number of methoxy groups -OCH3 is 1. The lowest BCUT2D eigenvalue weighted by molar-refractivity contribution is -0.0964. The molecule has 2 atom stereocenters. The molecule has 1 N–H and O–H groups in total. The van der Waals surface area contributed by atoms with Gasteiger partial charge in [0.2, 0.25) is 0 Å². The lowest BCUT2D eigenvalue weighted by Crippen LogP contribution is -2.41. The van der Waals surface area contributed by atoms with Crippen molar-refractivity contribution in [2.75, 3.05) is 30.4 Å². The summed E-state index contributed by atoms with van der Waals surface area (Å²) in [4.78, 5) is 19.3. The van der Waals surface area contributed by atoms with Crippen molar-refractivity contribution >= 4 is 41.6 Å². The zero-order valence-electron chi connectivity index (χ0n) is 21.1. The Morgan fingerprint density at radius 1 is 1.19 bits per heavy atom. The van der Waals surface area contributed by atoms with E-state index in [1.165, 1.54) is 37.6 Å². The lowest BCUT2D eigenvalue weighted by Gasteiger charge is -2.32. The van der Waals surface area contributed by atoms with E-state index in [9.17, 15) is 18.0 Å². The first-order valence-electron chi connectivity index (χ1n) is 11.6. The number of anilines is 2. The molecule has 2 aliphatic heterocycles. The topological polar surface area (TPSA) is 82.2 Å². The summed E-state index contributed by atoms with van der Waals surface area (Å²) in [6.07, 6.45) is -0.438. The van der Waals surface area contributed by atoms with Gasteiger partial charge in [-0.3, -0.25) is 4.79 Å². The predicted molar refractivity (Wildman–Crippen MR) is 134 cm³/mol. The molecule has 200 valence electrons. The second kappa shape index (κ2) is 9.97. The van der Waals surface area contributed by atoms with E-state index in [1.807, 2.05) is 27.7 Å². The van der Waals surface area contributed by atoms with Crippen LogP contribution >= 0.6 is 11.6 Å². The van der Waals surface area contributed by atoms with Gasteiger partial charge in [-0.05, 0) is 58.0 Å². The van der Waals surface area contributed by atoms with Crippen molar-refractivity contribution in [3.63, 3.8) is 0 Å². The van der Waals surface area contributed by atoms with Crippen molar-refractivity contribution < 1.29 is 36.7 Å². The molecule has 1 aromatic heterocycles. The SMILES string of the molecule is COC1CN(c2ncc(C(=O)Nc3ccc(OC(F)(F)Cl)cc3)cc2B2OC(C)(C)C(C)(C)O2)CC1F. The largest absolute Gasteiger partial charge is 0.498 e. The van der Waals surface area contributed by atoms with E-state index in [0.29, 0.717) is 17.0 Å². The van der Waals surface area contributed by atoms with Gasteiger partial charge in [-0.15, -0.1) is 8.78 Å². The highest BCUT2D eigenvalue weighted by molar-refractivity contribution is 6.64. The van der Waals surface area contributed by atoms with Crippen molar-refractivity contribution in [3.8, 4) is 5.75 Å². The first kappa shape index (κ1) is 27.5. The molecule has 13 heteroatoms. The summed E-state index contributed by atoms with van der Waals surface area (Å²) in [5.74, 6) is -0.244. The van der Waals surface area contributed by atoms with Gasteiger partial charge in [-0.1, -0.05) is 0 Å². The highest BCUT2D eigenvalue weighted by Gasteiger charge is 2.53. The summed E-state index contributed by atoms with van der Waals surface area (Å²) in [5, 5.41) is 2.68. The molecule has 0 bridgehead atoms. The standard InChI is InChI=1S/C24H28BClF3N3O5/c1-22(2)23(3,4)37-25(36-22)17-10-14(11-30-20(17)32-12-18(27)19(13-32)34-5)21(33)31-15-6-8-16(9-7-15)35-24(26,28)29/h6-11,18-19H,12-13H2,1-5H3,(H,31,33). The quantitative estimate of drug-likeness (QED) is 0.420. The fraction of sp³-hybridized carbons (Fsp3) is 0.500. The normalized spacial score (nSPS) is 22.8. The predicted octanol–water partition coefficient (Wildman–Crippen LogP) is 3.97. The maximum absolute atomic E-state index is 14.5. The van der Waals surface area contributed by atoms with E-state index in [1.54, 1.807) is 11.0 Å². The highest BCUT2D eigenvalue weighted by atomic mass is 35.5. The highest BCUT2D eigenvalue weighted by Crippen LogP contribution is 2.37. The van der Waals surface area contributed by atoms with Crippen molar-refractivity contribution in [2.45, 2.75) is 56.7 Å². The molecule has 1 amide bonds. The number of pyridine rings is 1. The van der Waals surface area contributed by atoms with Crippen LogP contribution in [-0.4, -0.2) is 67.3 Å². The maximum atomic E-state index is 14.5. The number of carbonyl (C=O) groups is 1. The molecular formula is C24H28BClF3N3O5.